The quantitative estimate of drug-likeness (QED) is 0.284. The molecule has 4 aliphatic rings. The average molecular weight is 485 g/mol. The van der Waals surface area contributed by atoms with Gasteiger partial charge in [0.25, 0.3) is 0 Å². The molecule has 0 unspecified atom stereocenters. The highest BCUT2D eigenvalue weighted by Crippen LogP contribution is 2.48. The molecule has 2 bridgehead atoms. The first-order chi connectivity index (χ1) is 17.6. The number of carbonyl (C=O) groups is 1. The molecule has 4 heterocycles. The van der Waals surface area contributed by atoms with Crippen LogP contribution in [0.4, 0.5) is 0 Å². The van der Waals surface area contributed by atoms with Crippen molar-refractivity contribution in [2.75, 3.05) is 26.2 Å². The van der Waals surface area contributed by atoms with E-state index in [-0.39, 0.29) is 6.10 Å². The van der Waals surface area contributed by atoms with Gasteiger partial charge < -0.3 is 19.1 Å². The summed E-state index contributed by atoms with van der Waals surface area (Å²) in [7, 11) is 0. The summed E-state index contributed by atoms with van der Waals surface area (Å²) in [6.45, 7) is 4.29. The van der Waals surface area contributed by atoms with Crippen molar-refractivity contribution in [1.29, 1.82) is 0 Å². The highest BCUT2D eigenvalue weighted by atomic mass is 16.6. The van der Waals surface area contributed by atoms with Crippen molar-refractivity contribution in [3.8, 4) is 11.5 Å². The Labute approximate surface area is 212 Å². The first kappa shape index (κ1) is 23.3. The number of rotatable bonds is 7. The molecule has 0 spiro atoms. The number of quaternary nitrogens is 1. The minimum absolute atomic E-state index is 0.166. The second-order valence-corrected chi connectivity index (χ2v) is 10.7. The molecule has 0 saturated carbocycles. The van der Waals surface area contributed by atoms with Crippen molar-refractivity contribution in [3.63, 3.8) is 0 Å². The molecule has 3 aromatic carbocycles. The molecule has 1 atom stereocenters. The fourth-order valence-electron chi connectivity index (χ4n) is 6.51. The van der Waals surface area contributed by atoms with Gasteiger partial charge in [0.2, 0.25) is 5.60 Å². The number of esters is 1. The summed E-state index contributed by atoms with van der Waals surface area (Å²) < 4.78 is 13.2. The largest absolute Gasteiger partial charge is 0.457 e. The van der Waals surface area contributed by atoms with E-state index in [0.29, 0.717) is 28.5 Å². The molecular weight excluding hydrogens is 450 g/mol. The maximum absolute atomic E-state index is 13.8. The highest BCUT2D eigenvalue weighted by Gasteiger charge is 2.52. The number of hydrogen-bond acceptors (Lipinski definition) is 4. The number of unbranched alkanes of at least 4 members (excludes halogenated alkanes) is 1. The van der Waals surface area contributed by atoms with Gasteiger partial charge in [-0.25, -0.2) is 4.79 Å². The van der Waals surface area contributed by atoms with Crippen LogP contribution in [0.3, 0.4) is 0 Å². The van der Waals surface area contributed by atoms with Crippen LogP contribution in [0, 0.1) is 5.92 Å². The minimum Gasteiger partial charge on any atom is -0.457 e. The van der Waals surface area contributed by atoms with Crippen LogP contribution >= 0.6 is 0 Å². The highest BCUT2D eigenvalue weighted by molar-refractivity contribution is 5.88. The summed E-state index contributed by atoms with van der Waals surface area (Å²) in [5.74, 6) is 0.761. The molecule has 36 heavy (non-hydrogen) atoms. The van der Waals surface area contributed by atoms with Crippen LogP contribution in [0.15, 0.2) is 78.9 Å². The third-order valence-electron chi connectivity index (χ3n) is 8.56. The number of piperidine rings is 3. The fraction of sp³-hybridized carbons (Fsp3) is 0.387. The molecule has 3 saturated heterocycles. The first-order valence-corrected chi connectivity index (χ1v) is 13.3. The number of carbonyl (C=O) groups excluding carboxylic acids is 1. The summed E-state index contributed by atoms with van der Waals surface area (Å²) in [5, 5.41) is 11.9. The SMILES string of the molecule is O=C(O[C@H]1C[N+]2(CCCCc3ccccc3)CCC1CC2)C1(O)c2ccccc2Oc2ccccc21. The summed E-state index contributed by atoms with van der Waals surface area (Å²) in [5.41, 5.74) is 0.407. The Kier molecular flexibility index (Phi) is 6.06. The summed E-state index contributed by atoms with van der Waals surface area (Å²) in [6, 6.07) is 25.1. The Balaban J connectivity index is 1.17. The van der Waals surface area contributed by atoms with Gasteiger partial charge in [0.15, 0.2) is 6.10 Å². The van der Waals surface area contributed by atoms with Crippen LogP contribution in [0.5, 0.6) is 11.5 Å². The van der Waals surface area contributed by atoms with Crippen molar-refractivity contribution < 1.29 is 23.9 Å². The molecule has 3 aromatic rings. The topological polar surface area (TPSA) is 55.8 Å². The van der Waals surface area contributed by atoms with Gasteiger partial charge in [0, 0.05) is 29.9 Å². The van der Waals surface area contributed by atoms with E-state index in [9.17, 15) is 9.90 Å². The van der Waals surface area contributed by atoms with Crippen molar-refractivity contribution in [3.05, 3.63) is 95.6 Å². The van der Waals surface area contributed by atoms with Gasteiger partial charge >= 0.3 is 5.97 Å². The third kappa shape index (κ3) is 4.10. The van der Waals surface area contributed by atoms with Crippen LogP contribution in [0.25, 0.3) is 0 Å². The van der Waals surface area contributed by atoms with E-state index < -0.39 is 11.6 Å². The molecule has 0 aromatic heterocycles. The number of nitrogens with zero attached hydrogens (tertiary/aromatic N) is 1. The van der Waals surface area contributed by atoms with E-state index in [2.05, 4.69) is 30.3 Å². The lowest BCUT2D eigenvalue weighted by atomic mass is 9.81. The number of aliphatic hydroxyl groups is 1. The van der Waals surface area contributed by atoms with Crippen molar-refractivity contribution in [1.82, 2.24) is 0 Å². The van der Waals surface area contributed by atoms with Crippen molar-refractivity contribution >= 4 is 5.97 Å². The van der Waals surface area contributed by atoms with Crippen LogP contribution in [0.1, 0.15) is 42.4 Å². The maximum Gasteiger partial charge on any atom is 0.348 e. The number of ether oxygens (including phenoxy) is 2. The first-order valence-electron chi connectivity index (χ1n) is 13.3. The van der Waals surface area contributed by atoms with Gasteiger partial charge in [0.05, 0.1) is 19.6 Å². The van der Waals surface area contributed by atoms with Crippen molar-refractivity contribution in [2.45, 2.75) is 43.8 Å². The zero-order chi connectivity index (χ0) is 24.6. The summed E-state index contributed by atoms with van der Waals surface area (Å²) in [4.78, 5) is 13.8. The van der Waals surface area contributed by atoms with Gasteiger partial charge in [-0.2, -0.15) is 0 Å². The average Bonchev–Trinajstić information content (AvgIpc) is 2.92. The van der Waals surface area contributed by atoms with Gasteiger partial charge in [-0.05, 0) is 37.0 Å². The zero-order valence-corrected chi connectivity index (χ0v) is 20.6. The molecule has 0 radical (unpaired) electrons. The number of fused-ring (bicyclic) bond motifs is 5. The van der Waals surface area contributed by atoms with Crippen LogP contribution in [-0.4, -0.2) is 47.8 Å². The number of benzene rings is 3. The number of aryl methyl sites for hydroxylation is 1. The second kappa shape index (κ2) is 9.38. The second-order valence-electron chi connectivity index (χ2n) is 10.7. The van der Waals surface area contributed by atoms with E-state index in [1.54, 1.807) is 24.3 Å². The zero-order valence-electron chi connectivity index (χ0n) is 20.6. The Morgan fingerprint density at radius 3 is 2.17 bits per heavy atom. The van der Waals surface area contributed by atoms with Gasteiger partial charge in [-0.1, -0.05) is 66.7 Å². The standard InChI is InChI=1S/C31H34NO4/c33-30(31(34)25-13-4-6-15-27(25)35-28-16-7-5-14-26(28)31)36-29-22-32(20-17-24(29)18-21-32)19-9-8-12-23-10-2-1-3-11-23/h1-7,10-11,13-16,24,29,34H,8-9,12,17-22H2/q+1/t24?,29-,32?/m0/s1. The predicted molar refractivity (Wildman–Crippen MR) is 138 cm³/mol. The Hall–Kier alpha value is -3.15. The lowest BCUT2D eigenvalue weighted by molar-refractivity contribution is -0.946. The number of para-hydroxylation sites is 2. The van der Waals surface area contributed by atoms with E-state index >= 15 is 0 Å². The Bertz CT molecular complexity index is 1190. The molecule has 5 heteroatoms. The smallest absolute Gasteiger partial charge is 0.348 e. The molecule has 3 fully saturated rings. The van der Waals surface area contributed by atoms with E-state index in [0.717, 1.165) is 49.9 Å². The maximum atomic E-state index is 13.8. The predicted octanol–water partition coefficient (Wildman–Crippen LogP) is 5.20. The van der Waals surface area contributed by atoms with Gasteiger partial charge in [-0.3, -0.25) is 0 Å². The lowest BCUT2D eigenvalue weighted by Crippen LogP contribution is -2.65. The Morgan fingerprint density at radius 1 is 0.889 bits per heavy atom. The molecule has 1 N–H and O–H groups in total. The molecule has 5 nitrogen and oxygen atoms in total. The molecule has 7 rings (SSSR count). The Morgan fingerprint density at radius 2 is 1.50 bits per heavy atom. The fourth-order valence-corrected chi connectivity index (χ4v) is 6.51. The minimum atomic E-state index is -1.88. The van der Waals surface area contributed by atoms with E-state index in [4.69, 9.17) is 9.47 Å². The molecule has 0 amide bonds. The molecule has 186 valence electrons. The van der Waals surface area contributed by atoms with E-state index in [1.165, 1.54) is 18.4 Å². The van der Waals surface area contributed by atoms with Gasteiger partial charge in [-0.15, -0.1) is 0 Å². The summed E-state index contributed by atoms with van der Waals surface area (Å²) >= 11 is 0. The lowest BCUT2D eigenvalue weighted by Gasteiger charge is -2.52. The van der Waals surface area contributed by atoms with Crippen LogP contribution in [0.2, 0.25) is 0 Å². The van der Waals surface area contributed by atoms with Crippen LogP contribution in [-0.2, 0) is 21.6 Å². The third-order valence-corrected chi connectivity index (χ3v) is 8.56. The van der Waals surface area contributed by atoms with Crippen LogP contribution < -0.4 is 4.74 Å². The molecular formula is C31H34NO4+. The molecule has 4 aliphatic heterocycles. The normalized spacial score (nSPS) is 25.4. The van der Waals surface area contributed by atoms with Crippen molar-refractivity contribution in [2.24, 2.45) is 5.92 Å². The summed E-state index contributed by atoms with van der Waals surface area (Å²) in [6.07, 6.45) is 5.43. The monoisotopic (exact) mass is 484 g/mol. The van der Waals surface area contributed by atoms with Gasteiger partial charge in [0.1, 0.15) is 18.0 Å². The molecule has 0 aliphatic carbocycles. The number of hydrogen-bond donors (Lipinski definition) is 1. The van der Waals surface area contributed by atoms with E-state index in [1.807, 2.05) is 24.3 Å².